The van der Waals surface area contributed by atoms with Gasteiger partial charge in [0.1, 0.15) is 0 Å². The van der Waals surface area contributed by atoms with Gasteiger partial charge < -0.3 is 4.90 Å². The number of nitrogens with zero attached hydrogens (tertiary/aromatic N) is 3. The maximum atomic E-state index is 13.2. The molecule has 1 saturated carbocycles. The maximum Gasteiger partial charge on any atom is 0.253 e. The summed E-state index contributed by atoms with van der Waals surface area (Å²) in [5.41, 5.74) is 4.04. The van der Waals surface area contributed by atoms with Crippen molar-refractivity contribution in [3.8, 4) is 16.9 Å². The van der Waals surface area contributed by atoms with Gasteiger partial charge in [-0.3, -0.25) is 4.79 Å². The smallest absolute Gasteiger partial charge is 0.253 e. The fourth-order valence-electron chi connectivity index (χ4n) is 3.89. The average molecular weight is 487 g/mol. The van der Waals surface area contributed by atoms with E-state index in [2.05, 4.69) is 4.72 Å². The summed E-state index contributed by atoms with van der Waals surface area (Å²) >= 11 is 0. The van der Waals surface area contributed by atoms with E-state index in [1.54, 1.807) is 24.1 Å². The number of nitrogens with one attached hydrogen (secondary N) is 1. The summed E-state index contributed by atoms with van der Waals surface area (Å²) in [5.74, 6) is -0.199. The van der Waals surface area contributed by atoms with Crippen LogP contribution in [0.4, 0.5) is 0 Å². The molecule has 7 nitrogen and oxygen atoms in total. The second-order valence-electron chi connectivity index (χ2n) is 8.73. The molecule has 1 N–H and O–H groups in total. The Morgan fingerprint density at radius 3 is 2.23 bits per heavy atom. The highest BCUT2D eigenvalue weighted by Gasteiger charge is 2.28. The van der Waals surface area contributed by atoms with Gasteiger partial charge in [0.05, 0.1) is 16.3 Å². The van der Waals surface area contributed by atoms with Crippen molar-refractivity contribution in [2.75, 3.05) is 7.05 Å². The van der Waals surface area contributed by atoms with E-state index in [4.69, 9.17) is 5.10 Å². The number of sulfonamides is 1. The van der Waals surface area contributed by atoms with Gasteiger partial charge in [-0.25, -0.2) is 17.8 Å². The van der Waals surface area contributed by atoms with Crippen LogP contribution in [0.25, 0.3) is 16.9 Å². The van der Waals surface area contributed by atoms with Gasteiger partial charge >= 0.3 is 0 Å². The van der Waals surface area contributed by atoms with Crippen LogP contribution in [0.1, 0.15) is 28.8 Å². The van der Waals surface area contributed by atoms with Crippen molar-refractivity contribution in [1.29, 1.82) is 0 Å². The molecule has 1 aliphatic rings. The minimum absolute atomic E-state index is 0.0306. The first kappa shape index (κ1) is 23.0. The van der Waals surface area contributed by atoms with Crippen molar-refractivity contribution in [2.24, 2.45) is 0 Å². The lowest BCUT2D eigenvalue weighted by Gasteiger charge is -2.17. The standard InChI is InChI=1S/C27H26N4O3S/c1-30(27(32)21-12-16-25(17-13-21)35(33,34)29-23-14-15-23)18-22-19-31(24-10-6-3-7-11-24)28-26(22)20-8-4-2-5-9-20/h2-13,16-17,19,23,29H,14-15,18H2,1H3. The lowest BCUT2D eigenvalue weighted by molar-refractivity contribution is 0.0785. The Labute approximate surface area is 205 Å². The Hall–Kier alpha value is -3.75. The highest BCUT2D eigenvalue weighted by atomic mass is 32.2. The van der Waals surface area contributed by atoms with E-state index in [1.807, 2.05) is 71.5 Å². The lowest BCUT2D eigenvalue weighted by atomic mass is 10.1. The molecule has 178 valence electrons. The summed E-state index contributed by atoms with van der Waals surface area (Å²) < 4.78 is 29.3. The third-order valence-electron chi connectivity index (χ3n) is 5.92. The molecular weight excluding hydrogens is 460 g/mol. The average Bonchev–Trinajstić information content (AvgIpc) is 3.59. The van der Waals surface area contributed by atoms with Crippen LogP contribution >= 0.6 is 0 Å². The Bertz CT molecular complexity index is 1430. The number of carbonyl (C=O) groups excluding carboxylic acids is 1. The van der Waals surface area contributed by atoms with Gasteiger partial charge in [0, 0.05) is 42.5 Å². The van der Waals surface area contributed by atoms with Crippen LogP contribution in [0.3, 0.4) is 0 Å². The highest BCUT2D eigenvalue weighted by Crippen LogP contribution is 2.26. The van der Waals surface area contributed by atoms with E-state index in [-0.39, 0.29) is 16.8 Å². The monoisotopic (exact) mass is 486 g/mol. The number of rotatable bonds is 8. The van der Waals surface area contributed by atoms with E-state index < -0.39 is 10.0 Å². The number of carbonyl (C=O) groups is 1. The molecular formula is C27H26N4O3S. The number of benzene rings is 3. The molecule has 0 atom stereocenters. The molecule has 0 aliphatic heterocycles. The predicted molar refractivity (Wildman–Crippen MR) is 135 cm³/mol. The maximum absolute atomic E-state index is 13.2. The van der Waals surface area contributed by atoms with Crippen LogP contribution in [0.15, 0.2) is 96.0 Å². The van der Waals surface area contributed by atoms with Crippen LogP contribution < -0.4 is 4.72 Å². The van der Waals surface area contributed by atoms with Gasteiger partial charge in [-0.2, -0.15) is 5.10 Å². The third-order valence-corrected chi connectivity index (χ3v) is 7.46. The molecule has 0 unspecified atom stereocenters. The van der Waals surface area contributed by atoms with E-state index in [0.717, 1.165) is 35.3 Å². The van der Waals surface area contributed by atoms with Gasteiger partial charge in [-0.15, -0.1) is 0 Å². The van der Waals surface area contributed by atoms with Crippen molar-refractivity contribution in [2.45, 2.75) is 30.3 Å². The molecule has 4 aromatic rings. The fourth-order valence-corrected chi connectivity index (χ4v) is 5.20. The van der Waals surface area contributed by atoms with Crippen LogP contribution in [0.5, 0.6) is 0 Å². The van der Waals surface area contributed by atoms with Gasteiger partial charge in [0.15, 0.2) is 0 Å². The zero-order valence-corrected chi connectivity index (χ0v) is 20.2. The zero-order valence-electron chi connectivity index (χ0n) is 19.3. The van der Waals surface area contributed by atoms with Crippen molar-refractivity contribution in [3.63, 3.8) is 0 Å². The van der Waals surface area contributed by atoms with Gasteiger partial charge in [0.2, 0.25) is 10.0 Å². The van der Waals surface area contributed by atoms with Gasteiger partial charge in [-0.05, 0) is 49.2 Å². The van der Waals surface area contributed by atoms with Gasteiger partial charge in [-0.1, -0.05) is 48.5 Å². The Morgan fingerprint density at radius 2 is 1.60 bits per heavy atom. The van der Waals surface area contributed by atoms with E-state index in [9.17, 15) is 13.2 Å². The lowest BCUT2D eigenvalue weighted by Crippen LogP contribution is -2.27. The molecule has 3 aromatic carbocycles. The second-order valence-corrected chi connectivity index (χ2v) is 10.4. The summed E-state index contributed by atoms with van der Waals surface area (Å²) in [6.07, 6.45) is 3.68. The summed E-state index contributed by atoms with van der Waals surface area (Å²) in [7, 11) is -1.82. The van der Waals surface area contributed by atoms with E-state index in [1.165, 1.54) is 12.1 Å². The molecule has 5 rings (SSSR count). The number of aromatic nitrogens is 2. The first-order valence-corrected chi connectivity index (χ1v) is 13.0. The summed E-state index contributed by atoms with van der Waals surface area (Å²) in [6.45, 7) is 0.346. The minimum atomic E-state index is -3.55. The summed E-state index contributed by atoms with van der Waals surface area (Å²) in [4.78, 5) is 14.9. The molecule has 1 fully saturated rings. The quantitative estimate of drug-likeness (QED) is 0.404. The van der Waals surface area contributed by atoms with Crippen LogP contribution in [-0.2, 0) is 16.6 Å². The molecule has 8 heteroatoms. The van der Waals surface area contributed by atoms with Crippen molar-refractivity contribution >= 4 is 15.9 Å². The van der Waals surface area contributed by atoms with Crippen molar-refractivity contribution < 1.29 is 13.2 Å². The zero-order chi connectivity index (χ0) is 24.4. The normalized spacial score (nSPS) is 13.5. The fraction of sp³-hybridized carbons (Fsp3) is 0.185. The van der Waals surface area contributed by atoms with Crippen LogP contribution in [0, 0.1) is 0 Å². The van der Waals surface area contributed by atoms with E-state index >= 15 is 0 Å². The number of hydrogen-bond donors (Lipinski definition) is 1. The van der Waals surface area contributed by atoms with Crippen LogP contribution in [0.2, 0.25) is 0 Å². The molecule has 0 bridgehead atoms. The second kappa shape index (κ2) is 9.48. The summed E-state index contributed by atoms with van der Waals surface area (Å²) in [6, 6.07) is 25.8. The molecule has 1 aromatic heterocycles. The molecule has 0 radical (unpaired) electrons. The predicted octanol–water partition coefficient (Wildman–Crippen LogP) is 4.25. The number of hydrogen-bond acceptors (Lipinski definition) is 4. The highest BCUT2D eigenvalue weighted by molar-refractivity contribution is 7.89. The molecule has 0 saturated heterocycles. The number of amides is 1. The largest absolute Gasteiger partial charge is 0.337 e. The molecule has 0 spiro atoms. The van der Waals surface area contributed by atoms with Crippen molar-refractivity contribution in [1.82, 2.24) is 19.4 Å². The number of para-hydroxylation sites is 1. The third kappa shape index (κ3) is 5.18. The molecule has 1 aliphatic carbocycles. The first-order valence-electron chi connectivity index (χ1n) is 11.5. The minimum Gasteiger partial charge on any atom is -0.337 e. The van der Waals surface area contributed by atoms with Gasteiger partial charge in [0.25, 0.3) is 5.91 Å². The summed E-state index contributed by atoms with van der Waals surface area (Å²) in [5, 5.41) is 4.81. The molecule has 35 heavy (non-hydrogen) atoms. The Kier molecular flexibility index (Phi) is 6.23. The molecule has 1 heterocycles. The first-order chi connectivity index (χ1) is 16.9. The Balaban J connectivity index is 1.38. The molecule has 1 amide bonds. The van der Waals surface area contributed by atoms with Crippen molar-refractivity contribution in [3.05, 3.63) is 102 Å². The van der Waals surface area contributed by atoms with Crippen LogP contribution in [-0.4, -0.2) is 42.1 Å². The van der Waals surface area contributed by atoms with E-state index in [0.29, 0.717) is 12.1 Å². The topological polar surface area (TPSA) is 84.3 Å². The Morgan fingerprint density at radius 1 is 0.971 bits per heavy atom. The SMILES string of the molecule is CN(Cc1cn(-c2ccccc2)nc1-c1ccccc1)C(=O)c1ccc(S(=O)(=O)NC2CC2)cc1.